The number of nitrogens with one attached hydrogen (secondary N) is 3. The quantitative estimate of drug-likeness (QED) is 0.344. The highest BCUT2D eigenvalue weighted by Gasteiger charge is 2.51. The van der Waals surface area contributed by atoms with Gasteiger partial charge in [-0.3, -0.25) is 19.2 Å². The summed E-state index contributed by atoms with van der Waals surface area (Å²) in [7, 11) is 1.19. The van der Waals surface area contributed by atoms with E-state index >= 15 is 0 Å². The highest BCUT2D eigenvalue weighted by Crippen LogP contribution is 2.47. The molecule has 0 aromatic heterocycles. The van der Waals surface area contributed by atoms with E-state index in [1.54, 1.807) is 34.6 Å². The summed E-state index contributed by atoms with van der Waals surface area (Å²) in [6, 6.07) is -3.86. The Hall–Kier alpha value is -2.79. The number of alkyl halides is 2. The minimum Gasteiger partial charge on any atom is -0.453 e. The van der Waals surface area contributed by atoms with Crippen molar-refractivity contribution < 1.29 is 37.5 Å². The Morgan fingerprint density at radius 1 is 0.975 bits per heavy atom. The maximum absolute atomic E-state index is 13.9. The standard InChI is InChI=1S/C28H46F2N4O6/c1-17(2)31-23(37)20(35)18(11-14-27(6,29)30)32-22(36)19-15-28(12-9-8-10-13-28)16-34(19)24(38)21(26(3,4)5)33-25(39)40-7/h17-19,21H,8-16H2,1-7H3,(H,31,37)(H,32,36)(H,33,39)/t18-,19-,21+/m0/s1. The first-order chi connectivity index (χ1) is 18.4. The lowest BCUT2D eigenvalue weighted by Gasteiger charge is -2.36. The summed E-state index contributed by atoms with van der Waals surface area (Å²) in [5.41, 5.74) is -1.04. The van der Waals surface area contributed by atoms with E-state index in [1.165, 1.54) is 12.0 Å². The number of rotatable bonds is 10. The van der Waals surface area contributed by atoms with Crippen molar-refractivity contribution in [3.63, 3.8) is 0 Å². The van der Waals surface area contributed by atoms with Crippen molar-refractivity contribution >= 4 is 29.6 Å². The van der Waals surface area contributed by atoms with Gasteiger partial charge in [-0.2, -0.15) is 0 Å². The van der Waals surface area contributed by atoms with Crippen LogP contribution in [0, 0.1) is 10.8 Å². The second-order valence-corrected chi connectivity index (χ2v) is 12.8. The highest BCUT2D eigenvalue weighted by molar-refractivity contribution is 6.38. The van der Waals surface area contributed by atoms with Crippen molar-refractivity contribution in [2.45, 2.75) is 123 Å². The lowest BCUT2D eigenvalue weighted by Crippen LogP contribution is -2.59. The van der Waals surface area contributed by atoms with Crippen LogP contribution in [0.4, 0.5) is 13.6 Å². The van der Waals surface area contributed by atoms with Gasteiger partial charge in [-0.15, -0.1) is 0 Å². The number of likely N-dealkylation sites (tertiary alicyclic amines) is 1. The Morgan fingerprint density at radius 2 is 1.57 bits per heavy atom. The van der Waals surface area contributed by atoms with Crippen molar-refractivity contribution in [2.75, 3.05) is 13.7 Å². The van der Waals surface area contributed by atoms with Gasteiger partial charge in [0.15, 0.2) is 0 Å². The number of alkyl carbamates (subject to hydrolysis) is 1. The molecule has 40 heavy (non-hydrogen) atoms. The number of nitrogens with zero attached hydrogens (tertiary/aromatic N) is 1. The lowest BCUT2D eigenvalue weighted by atomic mass is 9.72. The summed E-state index contributed by atoms with van der Waals surface area (Å²) in [6.45, 7) is 9.63. The molecule has 1 aliphatic heterocycles. The number of carbonyl (C=O) groups is 5. The van der Waals surface area contributed by atoms with Gasteiger partial charge < -0.3 is 25.6 Å². The molecule has 0 radical (unpaired) electrons. The van der Waals surface area contributed by atoms with E-state index in [-0.39, 0.29) is 11.5 Å². The van der Waals surface area contributed by atoms with E-state index in [4.69, 9.17) is 4.74 Å². The SMILES string of the molecule is COC(=O)N[C@H](C(=O)N1CC2(CCCCC2)C[C@H]1C(=O)N[C@@H](CCC(C)(F)F)C(=O)C(=O)NC(C)C)C(C)(C)C. The third-order valence-electron chi connectivity index (χ3n) is 7.72. The van der Waals surface area contributed by atoms with Crippen LogP contribution in [0.1, 0.15) is 92.9 Å². The largest absolute Gasteiger partial charge is 0.453 e. The fourth-order valence-electron chi connectivity index (χ4n) is 5.60. The Balaban J connectivity index is 2.39. The number of Topliss-reactive ketones (excluding diaryl/α,β-unsaturated/α-hetero) is 1. The molecule has 1 aliphatic carbocycles. The first-order valence-electron chi connectivity index (χ1n) is 14.1. The molecule has 3 N–H and O–H groups in total. The molecule has 1 heterocycles. The minimum absolute atomic E-state index is 0.291. The molecule has 2 rings (SSSR count). The molecule has 2 fully saturated rings. The van der Waals surface area contributed by atoms with Crippen molar-refractivity contribution in [1.29, 1.82) is 0 Å². The molecule has 2 aliphatic rings. The van der Waals surface area contributed by atoms with Gasteiger partial charge in [-0.1, -0.05) is 40.0 Å². The molecule has 0 aromatic carbocycles. The second-order valence-electron chi connectivity index (χ2n) is 12.8. The minimum atomic E-state index is -3.11. The molecule has 0 aromatic rings. The Bertz CT molecular complexity index is 953. The molecule has 12 heteroatoms. The molecule has 10 nitrogen and oxygen atoms in total. The highest BCUT2D eigenvalue weighted by atomic mass is 19.3. The molecular weight excluding hydrogens is 526 g/mol. The molecule has 228 valence electrons. The predicted octanol–water partition coefficient (Wildman–Crippen LogP) is 3.32. The predicted molar refractivity (Wildman–Crippen MR) is 144 cm³/mol. The summed E-state index contributed by atoms with van der Waals surface area (Å²) in [4.78, 5) is 66.6. The van der Waals surface area contributed by atoms with Crippen molar-refractivity contribution in [1.82, 2.24) is 20.9 Å². The molecule has 1 saturated heterocycles. The third kappa shape index (κ3) is 9.12. The van der Waals surface area contributed by atoms with Crippen LogP contribution in [0.2, 0.25) is 0 Å². The number of amides is 4. The average molecular weight is 573 g/mol. The van der Waals surface area contributed by atoms with E-state index in [2.05, 4.69) is 16.0 Å². The topological polar surface area (TPSA) is 134 Å². The van der Waals surface area contributed by atoms with Gasteiger partial charge >= 0.3 is 6.09 Å². The van der Waals surface area contributed by atoms with E-state index in [9.17, 15) is 32.8 Å². The van der Waals surface area contributed by atoms with Crippen molar-refractivity contribution in [2.24, 2.45) is 10.8 Å². The maximum atomic E-state index is 13.9. The van der Waals surface area contributed by atoms with Crippen LogP contribution >= 0.6 is 0 Å². The number of methoxy groups -OCH3 is 1. The summed E-state index contributed by atoms with van der Waals surface area (Å²) in [5, 5.41) is 7.57. The number of hydrogen-bond donors (Lipinski definition) is 3. The third-order valence-corrected chi connectivity index (χ3v) is 7.72. The zero-order valence-electron chi connectivity index (χ0n) is 24.8. The van der Waals surface area contributed by atoms with Crippen LogP contribution in [0.25, 0.3) is 0 Å². The molecule has 1 saturated carbocycles. The van der Waals surface area contributed by atoms with Crippen LogP contribution in [0.5, 0.6) is 0 Å². The molecule has 0 unspecified atom stereocenters. The molecule has 3 atom stereocenters. The van der Waals surface area contributed by atoms with Crippen molar-refractivity contribution in [3.05, 3.63) is 0 Å². The van der Waals surface area contributed by atoms with Crippen LogP contribution in [-0.2, 0) is 23.9 Å². The lowest BCUT2D eigenvalue weighted by molar-refractivity contribution is -0.144. The summed E-state index contributed by atoms with van der Waals surface area (Å²) in [6.07, 6.45) is 2.95. The summed E-state index contributed by atoms with van der Waals surface area (Å²) >= 11 is 0. The molecular formula is C28H46F2N4O6. The number of carbonyl (C=O) groups excluding carboxylic acids is 5. The van der Waals surface area contributed by atoms with E-state index in [0.717, 1.165) is 32.1 Å². The van der Waals surface area contributed by atoms with Gasteiger partial charge in [0.1, 0.15) is 12.1 Å². The smallest absolute Gasteiger partial charge is 0.407 e. The summed E-state index contributed by atoms with van der Waals surface area (Å²) in [5.74, 6) is -6.26. The van der Waals surface area contributed by atoms with Gasteiger partial charge in [-0.25, -0.2) is 13.6 Å². The van der Waals surface area contributed by atoms with Crippen LogP contribution < -0.4 is 16.0 Å². The number of ether oxygens (including phenoxy) is 1. The number of hydrogen-bond acceptors (Lipinski definition) is 6. The van der Waals surface area contributed by atoms with E-state index in [0.29, 0.717) is 19.9 Å². The maximum Gasteiger partial charge on any atom is 0.407 e. The monoisotopic (exact) mass is 572 g/mol. The zero-order chi connectivity index (χ0) is 30.5. The van der Waals surface area contributed by atoms with Gasteiger partial charge in [0.05, 0.1) is 13.2 Å². The Labute approximate surface area is 235 Å². The normalized spacial score (nSPS) is 20.6. The van der Waals surface area contributed by atoms with Crippen LogP contribution in [0.15, 0.2) is 0 Å². The van der Waals surface area contributed by atoms with Gasteiger partial charge in [0.25, 0.3) is 5.91 Å². The van der Waals surface area contributed by atoms with Crippen molar-refractivity contribution in [3.8, 4) is 0 Å². The first kappa shape index (κ1) is 33.4. The fraction of sp³-hybridized carbons (Fsp3) is 0.821. The summed E-state index contributed by atoms with van der Waals surface area (Å²) < 4.78 is 32.1. The first-order valence-corrected chi connectivity index (χ1v) is 14.1. The van der Waals surface area contributed by atoms with Gasteiger partial charge in [0.2, 0.25) is 23.5 Å². The van der Waals surface area contributed by atoms with Gasteiger partial charge in [-0.05, 0) is 57.3 Å². The Morgan fingerprint density at radius 3 is 2.08 bits per heavy atom. The molecule has 0 bridgehead atoms. The fourth-order valence-corrected chi connectivity index (χ4v) is 5.60. The Kier molecular flexibility index (Phi) is 11.1. The average Bonchev–Trinajstić information content (AvgIpc) is 3.21. The molecule has 4 amide bonds. The molecule has 1 spiro atoms. The second kappa shape index (κ2) is 13.2. The zero-order valence-corrected chi connectivity index (χ0v) is 24.8. The van der Waals surface area contributed by atoms with E-state index in [1.807, 2.05) is 0 Å². The van der Waals surface area contributed by atoms with Crippen LogP contribution in [0.3, 0.4) is 0 Å². The number of halogens is 2. The number of ketones is 1. The van der Waals surface area contributed by atoms with Crippen LogP contribution in [-0.4, -0.2) is 78.2 Å². The van der Waals surface area contributed by atoms with Gasteiger partial charge in [0, 0.05) is 19.0 Å². The van der Waals surface area contributed by atoms with E-state index < -0.39 is 71.9 Å².